The van der Waals surface area contributed by atoms with Crippen LogP contribution in [0.3, 0.4) is 0 Å². The van der Waals surface area contributed by atoms with E-state index in [1.54, 1.807) is 12.1 Å². The van der Waals surface area contributed by atoms with E-state index in [1.165, 1.54) is 27.3 Å². The highest BCUT2D eigenvalue weighted by atomic mass is 16.7. The highest BCUT2D eigenvalue weighted by molar-refractivity contribution is 5.93. The summed E-state index contributed by atoms with van der Waals surface area (Å²) in [5.41, 5.74) is 1.15. The Hall–Kier alpha value is -2.67. The predicted octanol–water partition coefficient (Wildman–Crippen LogP) is 1.18. The fourth-order valence-electron chi connectivity index (χ4n) is 1.92. The van der Waals surface area contributed by atoms with Crippen LogP contribution in [0.25, 0.3) is 5.69 Å². The zero-order chi connectivity index (χ0) is 16.3. The Kier molecular flexibility index (Phi) is 4.57. The van der Waals surface area contributed by atoms with Gasteiger partial charge in [0.2, 0.25) is 0 Å². The van der Waals surface area contributed by atoms with Gasteiger partial charge in [0.25, 0.3) is 5.56 Å². The standard InChI is InChI=1S/C15H17N3O4/c1-10-6-5-7-11(8-10)18-13(19)9-12(21-3)14(16-18)15(20)17(2)22-4/h5-9H,1-4H3. The summed E-state index contributed by atoms with van der Waals surface area (Å²) in [5.74, 6) is -0.413. The molecule has 7 nitrogen and oxygen atoms in total. The van der Waals surface area contributed by atoms with Crippen molar-refractivity contribution in [3.05, 3.63) is 51.9 Å². The highest BCUT2D eigenvalue weighted by Crippen LogP contribution is 2.16. The molecule has 7 heteroatoms. The van der Waals surface area contributed by atoms with Gasteiger partial charge in [0.15, 0.2) is 11.4 Å². The van der Waals surface area contributed by atoms with Crippen LogP contribution in [-0.4, -0.2) is 42.0 Å². The van der Waals surface area contributed by atoms with Gasteiger partial charge in [-0.15, -0.1) is 0 Å². The molecule has 0 saturated carbocycles. The summed E-state index contributed by atoms with van der Waals surface area (Å²) in [6, 6.07) is 8.48. The lowest BCUT2D eigenvalue weighted by Crippen LogP contribution is -2.30. The monoisotopic (exact) mass is 303 g/mol. The Morgan fingerprint density at radius 3 is 2.59 bits per heavy atom. The summed E-state index contributed by atoms with van der Waals surface area (Å²) in [7, 11) is 4.18. The van der Waals surface area contributed by atoms with Gasteiger partial charge in [0, 0.05) is 7.05 Å². The number of carbonyl (C=O) groups excluding carboxylic acids is 1. The van der Waals surface area contributed by atoms with Gasteiger partial charge in [0.05, 0.1) is 26.0 Å². The molecule has 22 heavy (non-hydrogen) atoms. The molecule has 0 radical (unpaired) electrons. The maximum absolute atomic E-state index is 12.3. The third-order valence-corrected chi connectivity index (χ3v) is 3.13. The van der Waals surface area contributed by atoms with Crippen LogP contribution in [0.1, 0.15) is 16.1 Å². The SMILES string of the molecule is COc1cc(=O)n(-c2cccc(C)c2)nc1C(=O)N(C)OC. The number of aromatic nitrogens is 2. The quantitative estimate of drug-likeness (QED) is 0.793. The van der Waals surface area contributed by atoms with Gasteiger partial charge < -0.3 is 4.74 Å². The van der Waals surface area contributed by atoms with Crippen LogP contribution < -0.4 is 10.3 Å². The second-order valence-corrected chi connectivity index (χ2v) is 4.64. The lowest BCUT2D eigenvalue weighted by Gasteiger charge is -2.16. The van der Waals surface area contributed by atoms with E-state index in [1.807, 2.05) is 19.1 Å². The van der Waals surface area contributed by atoms with E-state index >= 15 is 0 Å². The van der Waals surface area contributed by atoms with Crippen LogP contribution >= 0.6 is 0 Å². The van der Waals surface area contributed by atoms with Crippen LogP contribution in [0.2, 0.25) is 0 Å². The maximum atomic E-state index is 12.3. The topological polar surface area (TPSA) is 73.7 Å². The summed E-state index contributed by atoms with van der Waals surface area (Å²) < 4.78 is 6.24. The van der Waals surface area contributed by atoms with Gasteiger partial charge in [-0.05, 0) is 24.6 Å². The van der Waals surface area contributed by atoms with E-state index in [0.717, 1.165) is 15.3 Å². The summed E-state index contributed by atoms with van der Waals surface area (Å²) in [5, 5.41) is 5.14. The second kappa shape index (κ2) is 6.40. The molecule has 116 valence electrons. The van der Waals surface area contributed by atoms with E-state index < -0.39 is 5.91 Å². The van der Waals surface area contributed by atoms with Gasteiger partial charge in [-0.3, -0.25) is 14.4 Å². The molecule has 2 rings (SSSR count). The van der Waals surface area contributed by atoms with E-state index in [0.29, 0.717) is 5.69 Å². The van der Waals surface area contributed by atoms with Crippen LogP contribution in [0.15, 0.2) is 35.1 Å². The fourth-order valence-corrected chi connectivity index (χ4v) is 1.92. The zero-order valence-corrected chi connectivity index (χ0v) is 12.9. The molecular formula is C15H17N3O4. The van der Waals surface area contributed by atoms with Crippen LogP contribution in [0.5, 0.6) is 5.75 Å². The van der Waals surface area contributed by atoms with Crippen molar-refractivity contribution in [2.24, 2.45) is 0 Å². The van der Waals surface area contributed by atoms with E-state index in [2.05, 4.69) is 5.10 Å². The first-order valence-corrected chi connectivity index (χ1v) is 6.55. The van der Waals surface area contributed by atoms with Crippen molar-refractivity contribution in [2.75, 3.05) is 21.3 Å². The normalized spacial score (nSPS) is 10.4. The third-order valence-electron chi connectivity index (χ3n) is 3.13. The molecule has 1 aromatic carbocycles. The van der Waals surface area contributed by atoms with Crippen LogP contribution in [0.4, 0.5) is 0 Å². The molecule has 0 saturated heterocycles. The molecule has 0 fully saturated rings. The minimum atomic E-state index is -0.513. The molecule has 0 aliphatic heterocycles. The number of carbonyl (C=O) groups is 1. The largest absolute Gasteiger partial charge is 0.494 e. The second-order valence-electron chi connectivity index (χ2n) is 4.64. The highest BCUT2D eigenvalue weighted by Gasteiger charge is 2.21. The molecule has 0 spiro atoms. The molecule has 1 amide bonds. The third kappa shape index (κ3) is 2.99. The average molecular weight is 303 g/mol. The lowest BCUT2D eigenvalue weighted by atomic mass is 10.2. The number of amides is 1. The van der Waals surface area contributed by atoms with Crippen LogP contribution in [-0.2, 0) is 4.84 Å². The lowest BCUT2D eigenvalue weighted by molar-refractivity contribution is -0.0763. The maximum Gasteiger partial charge on any atom is 0.301 e. The molecule has 1 heterocycles. The number of nitrogens with zero attached hydrogens (tertiary/aromatic N) is 3. The molecule has 2 aromatic rings. The van der Waals surface area contributed by atoms with Crippen molar-refractivity contribution in [1.29, 1.82) is 0 Å². The Balaban J connectivity index is 2.62. The number of aryl methyl sites for hydroxylation is 1. The first-order valence-electron chi connectivity index (χ1n) is 6.55. The Morgan fingerprint density at radius 1 is 1.27 bits per heavy atom. The summed E-state index contributed by atoms with van der Waals surface area (Å²) >= 11 is 0. The zero-order valence-electron chi connectivity index (χ0n) is 12.9. The molecule has 0 aliphatic rings. The number of hydrogen-bond acceptors (Lipinski definition) is 5. The Bertz CT molecular complexity index is 755. The number of methoxy groups -OCH3 is 1. The smallest absolute Gasteiger partial charge is 0.301 e. The van der Waals surface area contributed by atoms with Gasteiger partial charge in [-0.2, -0.15) is 9.78 Å². The van der Waals surface area contributed by atoms with Crippen molar-refractivity contribution >= 4 is 5.91 Å². The van der Waals surface area contributed by atoms with Gasteiger partial charge >= 0.3 is 5.91 Å². The van der Waals surface area contributed by atoms with E-state index in [9.17, 15) is 9.59 Å². The number of ether oxygens (including phenoxy) is 1. The van der Waals surface area contributed by atoms with E-state index in [-0.39, 0.29) is 17.0 Å². The first-order chi connectivity index (χ1) is 10.5. The van der Waals surface area contributed by atoms with Crippen LogP contribution in [0, 0.1) is 6.92 Å². The first kappa shape index (κ1) is 15.7. The average Bonchev–Trinajstić information content (AvgIpc) is 2.53. The molecular weight excluding hydrogens is 286 g/mol. The summed E-state index contributed by atoms with van der Waals surface area (Å²) in [4.78, 5) is 29.3. The van der Waals surface area contributed by atoms with Gasteiger partial charge in [-0.25, -0.2) is 5.06 Å². The summed E-state index contributed by atoms with van der Waals surface area (Å²) in [6.07, 6.45) is 0. The number of hydroxylamine groups is 2. The molecule has 0 unspecified atom stereocenters. The fraction of sp³-hybridized carbons (Fsp3) is 0.267. The van der Waals surface area contributed by atoms with Crippen molar-refractivity contribution in [1.82, 2.24) is 14.8 Å². The van der Waals surface area contributed by atoms with Gasteiger partial charge in [0.1, 0.15) is 0 Å². The molecule has 0 N–H and O–H groups in total. The Morgan fingerprint density at radius 2 is 2.00 bits per heavy atom. The number of benzene rings is 1. The van der Waals surface area contributed by atoms with Crippen molar-refractivity contribution < 1.29 is 14.4 Å². The summed E-state index contributed by atoms with van der Waals surface area (Å²) in [6.45, 7) is 1.91. The molecule has 1 aromatic heterocycles. The van der Waals surface area contributed by atoms with E-state index in [4.69, 9.17) is 9.57 Å². The molecule has 0 aliphatic carbocycles. The predicted molar refractivity (Wildman–Crippen MR) is 80.2 cm³/mol. The Labute approximate surface area is 127 Å². The minimum Gasteiger partial charge on any atom is -0.494 e. The number of rotatable bonds is 4. The minimum absolute atomic E-state index is 0.00652. The van der Waals surface area contributed by atoms with Crippen molar-refractivity contribution in [2.45, 2.75) is 6.92 Å². The number of hydrogen-bond donors (Lipinski definition) is 0. The molecule has 0 atom stereocenters. The van der Waals surface area contributed by atoms with Crippen molar-refractivity contribution in [3.8, 4) is 11.4 Å². The molecule has 0 bridgehead atoms. The van der Waals surface area contributed by atoms with Crippen molar-refractivity contribution in [3.63, 3.8) is 0 Å². The van der Waals surface area contributed by atoms with Gasteiger partial charge in [-0.1, -0.05) is 12.1 Å².